The molecule has 0 N–H and O–H groups in total. The highest BCUT2D eigenvalue weighted by Gasteiger charge is 2.32. The van der Waals surface area contributed by atoms with Gasteiger partial charge < -0.3 is 0 Å². The minimum absolute atomic E-state index is 0.145. The fourth-order valence-electron chi connectivity index (χ4n) is 5.38. The second kappa shape index (κ2) is 9.70. The summed E-state index contributed by atoms with van der Waals surface area (Å²) < 4.78 is 0. The van der Waals surface area contributed by atoms with Crippen LogP contribution in [0.4, 0.5) is 0 Å². The Morgan fingerprint density at radius 3 is 2.20 bits per heavy atom. The molecule has 0 amide bonds. The van der Waals surface area contributed by atoms with Crippen molar-refractivity contribution >= 4 is 11.6 Å². The van der Waals surface area contributed by atoms with Gasteiger partial charge in [-0.1, -0.05) is 67.4 Å². The van der Waals surface area contributed by atoms with E-state index >= 15 is 0 Å². The number of hydrogen-bond donors (Lipinski definition) is 0. The third-order valence-corrected chi connectivity index (χ3v) is 7.10. The first-order valence-electron chi connectivity index (χ1n) is 11.5. The lowest BCUT2D eigenvalue weighted by molar-refractivity contribution is -0.125. The number of benzene rings is 2. The van der Waals surface area contributed by atoms with Crippen molar-refractivity contribution in [3.05, 3.63) is 71.3 Å². The number of hydrogen-bond acceptors (Lipinski definition) is 3. The van der Waals surface area contributed by atoms with Crippen molar-refractivity contribution < 1.29 is 9.59 Å². The standard InChI is InChI=1S/C27H33NO2/c1-20(29)21-12-7-14-23(15-8-13-21)26(30)19-28-18-17-22-9-5-6-16-25(22)27(28)24-10-3-2-4-11-24/h2-6,9-11,16,21,23,27H,7-8,12-15,17-19H2,1H3. The van der Waals surface area contributed by atoms with Crippen molar-refractivity contribution in [3.63, 3.8) is 0 Å². The van der Waals surface area contributed by atoms with Crippen LogP contribution in [0.1, 0.15) is 68.2 Å². The Morgan fingerprint density at radius 2 is 1.50 bits per heavy atom. The molecule has 1 heterocycles. The van der Waals surface area contributed by atoms with Crippen molar-refractivity contribution in [2.24, 2.45) is 11.8 Å². The zero-order valence-electron chi connectivity index (χ0n) is 18.1. The van der Waals surface area contributed by atoms with Crippen molar-refractivity contribution in [3.8, 4) is 0 Å². The first-order valence-corrected chi connectivity index (χ1v) is 11.5. The van der Waals surface area contributed by atoms with Crippen LogP contribution in [0, 0.1) is 11.8 Å². The van der Waals surface area contributed by atoms with Crippen LogP contribution in [0.25, 0.3) is 0 Å². The minimum atomic E-state index is 0.145. The quantitative estimate of drug-likeness (QED) is 0.673. The summed E-state index contributed by atoms with van der Waals surface area (Å²) >= 11 is 0. The van der Waals surface area contributed by atoms with E-state index in [1.165, 1.54) is 16.7 Å². The van der Waals surface area contributed by atoms with Crippen molar-refractivity contribution in [1.29, 1.82) is 0 Å². The maximum absolute atomic E-state index is 13.3. The van der Waals surface area contributed by atoms with Crippen molar-refractivity contribution in [1.82, 2.24) is 4.90 Å². The lowest BCUT2D eigenvalue weighted by Gasteiger charge is -2.38. The van der Waals surface area contributed by atoms with Crippen LogP contribution in [0.3, 0.4) is 0 Å². The third kappa shape index (κ3) is 4.73. The molecule has 1 unspecified atom stereocenters. The van der Waals surface area contributed by atoms with Crippen molar-refractivity contribution in [2.45, 2.75) is 57.9 Å². The van der Waals surface area contributed by atoms with E-state index in [9.17, 15) is 9.59 Å². The molecule has 30 heavy (non-hydrogen) atoms. The van der Waals surface area contributed by atoms with E-state index in [4.69, 9.17) is 0 Å². The summed E-state index contributed by atoms with van der Waals surface area (Å²) in [5.74, 6) is 1.06. The highest BCUT2D eigenvalue weighted by Crippen LogP contribution is 2.35. The van der Waals surface area contributed by atoms with Gasteiger partial charge in [0.05, 0.1) is 12.6 Å². The summed E-state index contributed by atoms with van der Waals surface area (Å²) in [6.45, 7) is 3.16. The van der Waals surface area contributed by atoms with Gasteiger partial charge in [0.25, 0.3) is 0 Å². The zero-order valence-corrected chi connectivity index (χ0v) is 18.1. The minimum Gasteiger partial charge on any atom is -0.300 e. The number of Topliss-reactive ketones (excluding diaryl/α,β-unsaturated/α-hetero) is 2. The van der Waals surface area contributed by atoms with Crippen molar-refractivity contribution in [2.75, 3.05) is 13.1 Å². The number of ketones is 2. The van der Waals surface area contributed by atoms with Crippen LogP contribution < -0.4 is 0 Å². The molecule has 4 rings (SSSR count). The average molecular weight is 404 g/mol. The molecule has 1 atom stereocenters. The molecule has 1 aliphatic carbocycles. The molecule has 0 bridgehead atoms. The van der Waals surface area contributed by atoms with Gasteiger partial charge >= 0.3 is 0 Å². The van der Waals surface area contributed by atoms with Gasteiger partial charge in [0.15, 0.2) is 0 Å². The second-order valence-electron chi connectivity index (χ2n) is 9.07. The van der Waals surface area contributed by atoms with Crippen LogP contribution in [0.2, 0.25) is 0 Å². The predicted molar refractivity (Wildman–Crippen MR) is 120 cm³/mol. The molecular weight excluding hydrogens is 370 g/mol. The largest absolute Gasteiger partial charge is 0.300 e. The molecule has 1 fully saturated rings. The molecular formula is C27H33NO2. The zero-order chi connectivity index (χ0) is 20.9. The lowest BCUT2D eigenvalue weighted by Crippen LogP contribution is -2.41. The van der Waals surface area contributed by atoms with E-state index in [1.54, 1.807) is 6.92 Å². The molecule has 158 valence electrons. The van der Waals surface area contributed by atoms with Gasteiger partial charge in [-0.2, -0.15) is 0 Å². The number of fused-ring (bicyclic) bond motifs is 1. The molecule has 1 saturated carbocycles. The Balaban J connectivity index is 1.49. The van der Waals surface area contributed by atoms with Crippen LogP contribution in [0.15, 0.2) is 54.6 Å². The summed E-state index contributed by atoms with van der Waals surface area (Å²) in [4.78, 5) is 27.5. The molecule has 2 aromatic carbocycles. The molecule has 2 aromatic rings. The summed E-state index contributed by atoms with van der Waals surface area (Å²) in [6, 6.07) is 19.4. The van der Waals surface area contributed by atoms with Gasteiger partial charge in [-0.15, -0.1) is 0 Å². The normalized spacial score (nSPS) is 25.0. The summed E-state index contributed by atoms with van der Waals surface area (Å²) in [6.07, 6.45) is 6.74. The van der Waals surface area contributed by atoms with E-state index in [-0.39, 0.29) is 17.9 Å². The predicted octanol–water partition coefficient (Wildman–Crippen LogP) is 5.38. The van der Waals surface area contributed by atoms with E-state index in [0.29, 0.717) is 18.1 Å². The maximum Gasteiger partial charge on any atom is 0.149 e. The molecule has 0 spiro atoms. The Labute approximate surface area is 180 Å². The Hall–Kier alpha value is -2.26. The number of carbonyl (C=O) groups excluding carboxylic acids is 2. The number of rotatable bonds is 5. The van der Waals surface area contributed by atoms with E-state index in [2.05, 4.69) is 59.5 Å². The monoisotopic (exact) mass is 403 g/mol. The first kappa shape index (κ1) is 21.0. The van der Waals surface area contributed by atoms with Gasteiger partial charge in [-0.3, -0.25) is 14.5 Å². The van der Waals surface area contributed by atoms with Crippen LogP contribution in [-0.2, 0) is 16.0 Å². The Morgan fingerprint density at radius 1 is 0.867 bits per heavy atom. The maximum atomic E-state index is 13.3. The summed E-state index contributed by atoms with van der Waals surface area (Å²) in [5, 5.41) is 0. The van der Waals surface area contributed by atoms with Gasteiger partial charge in [-0.25, -0.2) is 0 Å². The van der Waals surface area contributed by atoms with Gasteiger partial charge in [0.2, 0.25) is 0 Å². The average Bonchev–Trinajstić information content (AvgIpc) is 2.73. The van der Waals surface area contributed by atoms with Gasteiger partial charge in [0, 0.05) is 18.4 Å². The Bertz CT molecular complexity index is 865. The highest BCUT2D eigenvalue weighted by molar-refractivity contribution is 5.83. The fourth-order valence-corrected chi connectivity index (χ4v) is 5.38. The van der Waals surface area contributed by atoms with Crippen LogP contribution >= 0.6 is 0 Å². The van der Waals surface area contributed by atoms with E-state index in [1.807, 2.05) is 0 Å². The second-order valence-corrected chi connectivity index (χ2v) is 9.07. The molecule has 3 heteroatoms. The SMILES string of the molecule is CC(=O)C1CCCC(C(=O)CN2CCc3ccccc3C2c2ccccc2)CCC1. The van der Waals surface area contributed by atoms with E-state index in [0.717, 1.165) is 51.5 Å². The van der Waals surface area contributed by atoms with E-state index < -0.39 is 0 Å². The van der Waals surface area contributed by atoms with Crippen LogP contribution in [0.5, 0.6) is 0 Å². The number of nitrogens with zero attached hydrogens (tertiary/aromatic N) is 1. The molecule has 0 aromatic heterocycles. The lowest BCUT2D eigenvalue weighted by atomic mass is 9.82. The first-order chi connectivity index (χ1) is 14.6. The molecule has 0 saturated heterocycles. The molecule has 2 aliphatic rings. The molecule has 0 radical (unpaired) electrons. The topological polar surface area (TPSA) is 37.4 Å². The molecule has 1 aliphatic heterocycles. The Kier molecular flexibility index (Phi) is 6.79. The fraction of sp³-hybridized carbons (Fsp3) is 0.481. The number of carbonyl (C=O) groups is 2. The van der Waals surface area contributed by atoms with Gasteiger partial charge in [0.1, 0.15) is 11.6 Å². The summed E-state index contributed by atoms with van der Waals surface area (Å²) in [7, 11) is 0. The summed E-state index contributed by atoms with van der Waals surface area (Å²) in [5.41, 5.74) is 4.00. The van der Waals surface area contributed by atoms with Crippen LogP contribution in [-0.4, -0.2) is 29.6 Å². The third-order valence-electron chi connectivity index (χ3n) is 7.10. The highest BCUT2D eigenvalue weighted by atomic mass is 16.1. The smallest absolute Gasteiger partial charge is 0.149 e. The molecule has 3 nitrogen and oxygen atoms in total. The van der Waals surface area contributed by atoms with Gasteiger partial charge in [-0.05, 0) is 55.7 Å².